The molecule has 0 aliphatic carbocycles. The van der Waals surface area contributed by atoms with Gasteiger partial charge in [0.05, 0.1) is 0 Å². The van der Waals surface area contributed by atoms with E-state index in [1.165, 1.54) is 19.4 Å². The minimum absolute atomic E-state index is 0.198. The number of hydrogen-bond acceptors (Lipinski definition) is 3. The zero-order valence-electron chi connectivity index (χ0n) is 12.7. The van der Waals surface area contributed by atoms with E-state index >= 15 is 0 Å². The first kappa shape index (κ1) is 14.8. The highest BCUT2D eigenvalue weighted by Gasteiger charge is 2.34. The fraction of sp³-hybridized carbons (Fsp3) is 0.933. The number of nitrogens with zero attached hydrogens (tertiary/aromatic N) is 1. The Labute approximate surface area is 117 Å². The van der Waals surface area contributed by atoms with Gasteiger partial charge in [-0.05, 0) is 50.7 Å². The lowest BCUT2D eigenvalue weighted by Gasteiger charge is -2.32. The van der Waals surface area contributed by atoms with Gasteiger partial charge in [0.15, 0.2) is 0 Å². The van der Waals surface area contributed by atoms with Crippen molar-refractivity contribution < 1.29 is 4.79 Å². The third kappa shape index (κ3) is 4.18. The molecule has 2 saturated heterocycles. The average Bonchev–Trinajstić information content (AvgIpc) is 2.98. The van der Waals surface area contributed by atoms with Gasteiger partial charge in [-0.1, -0.05) is 13.8 Å². The van der Waals surface area contributed by atoms with Gasteiger partial charge in [-0.3, -0.25) is 4.79 Å². The normalized spacial score (nSPS) is 28.8. The molecule has 2 aliphatic heterocycles. The predicted octanol–water partition coefficient (Wildman–Crippen LogP) is 1.22. The summed E-state index contributed by atoms with van der Waals surface area (Å²) >= 11 is 0. The number of nitrogens with one attached hydrogen (secondary N) is 2. The van der Waals surface area contributed by atoms with Crippen molar-refractivity contribution in [1.29, 1.82) is 0 Å². The minimum Gasteiger partial charge on any atom is -0.356 e. The zero-order chi connectivity index (χ0) is 13.9. The van der Waals surface area contributed by atoms with Gasteiger partial charge >= 0.3 is 0 Å². The van der Waals surface area contributed by atoms with Gasteiger partial charge in [0.1, 0.15) is 0 Å². The fourth-order valence-electron chi connectivity index (χ4n) is 3.27. The summed E-state index contributed by atoms with van der Waals surface area (Å²) < 4.78 is 0. The van der Waals surface area contributed by atoms with Gasteiger partial charge in [-0.2, -0.15) is 0 Å². The maximum atomic E-state index is 12.0. The second-order valence-corrected chi connectivity index (χ2v) is 7.01. The van der Waals surface area contributed by atoms with Crippen molar-refractivity contribution in [3.63, 3.8) is 0 Å². The number of carbonyl (C=O) groups is 1. The quantitative estimate of drug-likeness (QED) is 0.787. The van der Waals surface area contributed by atoms with Gasteiger partial charge in [0.2, 0.25) is 5.91 Å². The highest BCUT2D eigenvalue weighted by atomic mass is 16.1. The van der Waals surface area contributed by atoms with Crippen LogP contribution in [0, 0.1) is 11.3 Å². The second kappa shape index (κ2) is 6.23. The topological polar surface area (TPSA) is 44.4 Å². The number of hydrogen-bond donors (Lipinski definition) is 2. The molecule has 2 aliphatic rings. The summed E-state index contributed by atoms with van der Waals surface area (Å²) in [5.41, 5.74) is 0.198. The summed E-state index contributed by atoms with van der Waals surface area (Å²) in [6, 6.07) is 0.403. The van der Waals surface area contributed by atoms with E-state index < -0.39 is 0 Å². The van der Waals surface area contributed by atoms with Crippen LogP contribution in [0.4, 0.5) is 0 Å². The monoisotopic (exact) mass is 267 g/mol. The van der Waals surface area contributed by atoms with Crippen LogP contribution in [0.2, 0.25) is 0 Å². The molecule has 0 aromatic carbocycles. The lowest BCUT2D eigenvalue weighted by molar-refractivity contribution is -0.122. The number of carbonyl (C=O) groups excluding carboxylic acids is 1. The molecule has 0 saturated carbocycles. The molecule has 4 heteroatoms. The van der Waals surface area contributed by atoms with Gasteiger partial charge in [-0.25, -0.2) is 0 Å². The Morgan fingerprint density at radius 1 is 1.42 bits per heavy atom. The van der Waals surface area contributed by atoms with E-state index in [0.29, 0.717) is 18.4 Å². The molecular weight excluding hydrogens is 238 g/mol. The molecule has 2 atom stereocenters. The van der Waals surface area contributed by atoms with Crippen LogP contribution in [-0.2, 0) is 4.79 Å². The number of rotatable bonds is 5. The minimum atomic E-state index is 0.198. The van der Waals surface area contributed by atoms with Crippen molar-refractivity contribution in [2.24, 2.45) is 11.3 Å². The van der Waals surface area contributed by atoms with Crippen molar-refractivity contribution in [3.8, 4) is 0 Å². The van der Waals surface area contributed by atoms with E-state index in [0.717, 1.165) is 26.1 Å². The van der Waals surface area contributed by atoms with Crippen molar-refractivity contribution in [1.82, 2.24) is 15.5 Å². The molecule has 1 amide bonds. The van der Waals surface area contributed by atoms with Crippen molar-refractivity contribution >= 4 is 5.91 Å². The molecule has 19 heavy (non-hydrogen) atoms. The summed E-state index contributed by atoms with van der Waals surface area (Å²) in [6.07, 6.45) is 4.24. The van der Waals surface area contributed by atoms with Gasteiger partial charge in [-0.15, -0.1) is 0 Å². The summed E-state index contributed by atoms with van der Waals surface area (Å²) in [7, 11) is 2.18. The van der Waals surface area contributed by atoms with Crippen molar-refractivity contribution in [2.75, 3.05) is 33.2 Å². The largest absolute Gasteiger partial charge is 0.356 e. The molecule has 0 bridgehead atoms. The van der Waals surface area contributed by atoms with Crippen LogP contribution < -0.4 is 10.6 Å². The molecule has 0 spiro atoms. The van der Waals surface area contributed by atoms with E-state index in [1.54, 1.807) is 0 Å². The predicted molar refractivity (Wildman–Crippen MR) is 78.0 cm³/mol. The zero-order valence-corrected chi connectivity index (χ0v) is 12.7. The Morgan fingerprint density at radius 3 is 2.79 bits per heavy atom. The molecule has 2 N–H and O–H groups in total. The van der Waals surface area contributed by atoms with Gasteiger partial charge < -0.3 is 15.5 Å². The average molecular weight is 267 g/mol. The molecule has 110 valence electrons. The van der Waals surface area contributed by atoms with E-state index in [-0.39, 0.29) is 11.3 Å². The number of amides is 1. The Bertz CT molecular complexity index is 311. The van der Waals surface area contributed by atoms with Gasteiger partial charge in [0.25, 0.3) is 0 Å². The first-order valence-electron chi connectivity index (χ1n) is 7.66. The molecule has 2 heterocycles. The molecule has 2 fully saturated rings. The first-order chi connectivity index (χ1) is 8.97. The van der Waals surface area contributed by atoms with Gasteiger partial charge in [0, 0.05) is 25.6 Å². The molecular formula is C15H29N3O. The van der Waals surface area contributed by atoms with Crippen molar-refractivity contribution in [3.05, 3.63) is 0 Å². The van der Waals surface area contributed by atoms with Crippen LogP contribution >= 0.6 is 0 Å². The Balaban J connectivity index is 1.72. The van der Waals surface area contributed by atoms with Crippen LogP contribution in [0.3, 0.4) is 0 Å². The smallest absolute Gasteiger partial charge is 0.221 e. The molecule has 0 aromatic rings. The maximum Gasteiger partial charge on any atom is 0.221 e. The highest BCUT2D eigenvalue weighted by molar-refractivity contribution is 5.76. The molecule has 0 radical (unpaired) electrons. The first-order valence-corrected chi connectivity index (χ1v) is 7.66. The van der Waals surface area contributed by atoms with E-state index in [1.807, 2.05) is 0 Å². The summed E-state index contributed by atoms with van der Waals surface area (Å²) in [5.74, 6) is 0.904. The number of likely N-dealkylation sites (tertiary alicyclic amines) is 1. The van der Waals surface area contributed by atoms with Crippen LogP contribution in [0.15, 0.2) is 0 Å². The summed E-state index contributed by atoms with van der Waals surface area (Å²) in [4.78, 5) is 14.3. The van der Waals surface area contributed by atoms with Crippen LogP contribution in [0.1, 0.15) is 39.5 Å². The third-order valence-electron chi connectivity index (χ3n) is 4.83. The molecule has 2 rings (SSSR count). The Kier molecular flexibility index (Phi) is 4.85. The molecule has 2 unspecified atom stereocenters. The Morgan fingerprint density at radius 2 is 2.21 bits per heavy atom. The van der Waals surface area contributed by atoms with Crippen LogP contribution in [0.25, 0.3) is 0 Å². The van der Waals surface area contributed by atoms with Crippen LogP contribution in [0.5, 0.6) is 0 Å². The van der Waals surface area contributed by atoms with E-state index in [9.17, 15) is 4.79 Å². The second-order valence-electron chi connectivity index (χ2n) is 7.01. The SMILES string of the molecule is CN1CCC(C(C)(C)CNC(=O)CC2CCCN2)C1. The summed E-state index contributed by atoms with van der Waals surface area (Å²) in [5, 5.41) is 6.52. The van der Waals surface area contributed by atoms with E-state index in [4.69, 9.17) is 0 Å². The summed E-state index contributed by atoms with van der Waals surface area (Å²) in [6.45, 7) is 8.78. The molecule has 0 aromatic heterocycles. The molecule has 4 nitrogen and oxygen atoms in total. The third-order valence-corrected chi connectivity index (χ3v) is 4.83. The maximum absolute atomic E-state index is 12.0. The highest BCUT2D eigenvalue weighted by Crippen LogP contribution is 2.33. The van der Waals surface area contributed by atoms with Crippen LogP contribution in [-0.4, -0.2) is 50.1 Å². The standard InChI is InChI=1S/C15H29N3O/c1-15(2,12-6-8-18(3)10-12)11-17-14(19)9-13-5-4-7-16-13/h12-13,16H,4-11H2,1-3H3,(H,17,19). The Hall–Kier alpha value is -0.610. The lowest BCUT2D eigenvalue weighted by atomic mass is 9.78. The lowest BCUT2D eigenvalue weighted by Crippen LogP contribution is -2.41. The fourth-order valence-corrected chi connectivity index (χ4v) is 3.27. The van der Waals surface area contributed by atoms with Crippen molar-refractivity contribution in [2.45, 2.75) is 45.6 Å². The van der Waals surface area contributed by atoms with E-state index in [2.05, 4.69) is 36.4 Å².